The Balaban J connectivity index is 4.09. The molecule has 0 unspecified atom stereocenters. The molecular formula is C6H13NO2. The summed E-state index contributed by atoms with van der Waals surface area (Å²) in [5, 5.41) is 10.3. The van der Waals surface area contributed by atoms with Crippen molar-refractivity contribution in [2.45, 2.75) is 13.8 Å². The van der Waals surface area contributed by atoms with Crippen molar-refractivity contribution >= 4 is 6.09 Å². The van der Waals surface area contributed by atoms with Gasteiger partial charge in [0.25, 0.3) is 6.09 Å². The van der Waals surface area contributed by atoms with Gasteiger partial charge in [-0.25, -0.2) is 0 Å². The number of hydrogen-bond acceptors (Lipinski definition) is 2. The predicted molar refractivity (Wildman–Crippen MR) is 32.7 cm³/mol. The van der Waals surface area contributed by atoms with Crippen LogP contribution in [0.25, 0.3) is 0 Å². The molecule has 1 amide bonds. The van der Waals surface area contributed by atoms with E-state index < -0.39 is 6.09 Å². The Bertz CT molecular complexity index is 108. The molecule has 0 fully saturated rings. The van der Waals surface area contributed by atoms with Crippen molar-refractivity contribution in [2.24, 2.45) is 0 Å². The fraction of sp³-hybridized carbons (Fsp3) is 0.833. The Morgan fingerprint density at radius 2 is 1.78 bits per heavy atom. The first kappa shape index (κ1) is 8.43. The van der Waals surface area contributed by atoms with Crippen LogP contribution in [-0.2, 0) is 0 Å². The Morgan fingerprint density at radius 3 is 1.78 bits per heavy atom. The van der Waals surface area contributed by atoms with E-state index >= 15 is 0 Å². The summed E-state index contributed by atoms with van der Waals surface area (Å²) in [5.41, 5.74) is 0. The summed E-state index contributed by atoms with van der Waals surface area (Å²) in [5.74, 6) is 0. The largest absolute Gasteiger partial charge is 0.498 e. The highest BCUT2D eigenvalue weighted by Crippen LogP contribution is 1.98. The van der Waals surface area contributed by atoms with Crippen LogP contribution in [0.4, 0.5) is 4.79 Å². The summed E-state index contributed by atoms with van der Waals surface area (Å²) in [7, 11) is 1.65. The number of rotatable bonds is 2. The maximum Gasteiger partial charge on any atom is 0.257 e. The molecule has 9 heavy (non-hydrogen) atoms. The first-order chi connectivity index (χ1) is 4.06. The van der Waals surface area contributed by atoms with Crippen molar-refractivity contribution in [3.8, 4) is 0 Å². The van der Waals surface area contributed by atoms with E-state index in [0.29, 0.717) is 13.1 Å². The van der Waals surface area contributed by atoms with Crippen LogP contribution in [0.2, 0.25) is 0 Å². The molecule has 0 bridgehead atoms. The highest BCUT2D eigenvalue weighted by Gasteiger charge is 2.17. The first-order valence-electron chi connectivity index (χ1n) is 3.13. The molecule has 0 N–H and O–H groups in total. The molecule has 3 nitrogen and oxygen atoms in total. The van der Waals surface area contributed by atoms with Gasteiger partial charge in [-0.2, -0.15) is 0 Å². The zero-order valence-corrected chi connectivity index (χ0v) is 6.18. The lowest BCUT2D eigenvalue weighted by molar-refractivity contribution is -0.853. The molecule has 0 atom stereocenters. The molecule has 0 aromatic heterocycles. The van der Waals surface area contributed by atoms with E-state index in [-0.39, 0.29) is 4.48 Å². The number of amides is 1. The SMILES string of the molecule is CC[N+](C)(CC)C(=O)[O-]. The van der Waals surface area contributed by atoms with Crippen molar-refractivity contribution in [2.75, 3.05) is 20.1 Å². The lowest BCUT2D eigenvalue weighted by Gasteiger charge is -2.30. The van der Waals surface area contributed by atoms with Crippen molar-refractivity contribution in [3.05, 3.63) is 0 Å². The van der Waals surface area contributed by atoms with Crippen molar-refractivity contribution < 1.29 is 14.4 Å². The molecular weight excluding hydrogens is 118 g/mol. The zero-order valence-electron chi connectivity index (χ0n) is 6.18. The Kier molecular flexibility index (Phi) is 2.65. The van der Waals surface area contributed by atoms with Crippen LogP contribution in [0.5, 0.6) is 0 Å². The van der Waals surface area contributed by atoms with Crippen LogP contribution in [0.3, 0.4) is 0 Å². The fourth-order valence-electron chi connectivity index (χ4n) is 0.482. The minimum Gasteiger partial charge on any atom is -0.498 e. The molecule has 0 aliphatic rings. The molecule has 0 radical (unpaired) electrons. The van der Waals surface area contributed by atoms with Crippen molar-refractivity contribution in [1.82, 2.24) is 0 Å². The van der Waals surface area contributed by atoms with Gasteiger partial charge in [0.15, 0.2) is 0 Å². The summed E-state index contributed by atoms with van der Waals surface area (Å²) in [6, 6.07) is 0. The van der Waals surface area contributed by atoms with Gasteiger partial charge >= 0.3 is 0 Å². The minimum absolute atomic E-state index is 0. The maximum absolute atomic E-state index is 10.3. The summed E-state index contributed by atoms with van der Waals surface area (Å²) in [6.45, 7) is 4.83. The number of carbonyl (C=O) groups excluding carboxylic acids is 1. The van der Waals surface area contributed by atoms with Gasteiger partial charge in [0, 0.05) is 0 Å². The summed E-state index contributed by atoms with van der Waals surface area (Å²) in [4.78, 5) is 10.3. The topological polar surface area (TPSA) is 40.1 Å². The van der Waals surface area contributed by atoms with Gasteiger partial charge in [-0.05, 0) is 13.8 Å². The van der Waals surface area contributed by atoms with Crippen LogP contribution in [0.15, 0.2) is 0 Å². The molecule has 54 valence electrons. The monoisotopic (exact) mass is 131 g/mol. The highest BCUT2D eigenvalue weighted by molar-refractivity contribution is 5.53. The van der Waals surface area contributed by atoms with Crippen LogP contribution >= 0.6 is 0 Å². The number of carbonyl (C=O) groups is 1. The first-order valence-corrected chi connectivity index (χ1v) is 3.13. The second-order valence-corrected chi connectivity index (χ2v) is 2.29. The molecule has 3 heteroatoms. The standard InChI is InChI=1S/C6H13NO2/c1-4-7(3,5-2)6(8)9/h4-5H2,1-3H3. The smallest absolute Gasteiger partial charge is 0.257 e. The molecule has 0 aromatic carbocycles. The quantitative estimate of drug-likeness (QED) is 0.487. The van der Waals surface area contributed by atoms with Gasteiger partial charge in [-0.3, -0.25) is 4.48 Å². The van der Waals surface area contributed by atoms with Crippen LogP contribution < -0.4 is 5.11 Å². The highest BCUT2D eigenvalue weighted by atomic mass is 16.4. The van der Waals surface area contributed by atoms with Crippen LogP contribution in [0, 0.1) is 0 Å². The van der Waals surface area contributed by atoms with Gasteiger partial charge in [-0.1, -0.05) is 0 Å². The van der Waals surface area contributed by atoms with E-state index in [1.54, 1.807) is 7.05 Å². The van der Waals surface area contributed by atoms with Gasteiger partial charge in [0.1, 0.15) is 0 Å². The number of carboxylic acid groups (broad SMARTS) is 1. The molecule has 0 aliphatic carbocycles. The minimum atomic E-state index is -1.000. The maximum atomic E-state index is 10.3. The Labute approximate surface area is 55.5 Å². The third-order valence-corrected chi connectivity index (χ3v) is 1.84. The fourth-order valence-corrected chi connectivity index (χ4v) is 0.482. The third-order valence-electron chi connectivity index (χ3n) is 1.84. The summed E-state index contributed by atoms with van der Waals surface area (Å²) in [6.07, 6.45) is -1.000. The number of quaternary nitrogens is 1. The van der Waals surface area contributed by atoms with Crippen molar-refractivity contribution in [3.63, 3.8) is 0 Å². The van der Waals surface area contributed by atoms with E-state index in [1.807, 2.05) is 13.8 Å². The lowest BCUT2D eigenvalue weighted by atomic mass is 10.4. The Morgan fingerprint density at radius 1 is 1.44 bits per heavy atom. The number of nitrogens with zero attached hydrogens (tertiary/aromatic N) is 1. The molecule has 0 heterocycles. The summed E-state index contributed by atoms with van der Waals surface area (Å²) >= 11 is 0. The van der Waals surface area contributed by atoms with E-state index in [4.69, 9.17) is 0 Å². The zero-order chi connectivity index (χ0) is 7.49. The normalized spacial score (nSPS) is 11.4. The van der Waals surface area contributed by atoms with E-state index in [0.717, 1.165) is 0 Å². The molecule has 0 saturated heterocycles. The molecule has 0 aliphatic heterocycles. The second kappa shape index (κ2) is 2.82. The molecule has 0 saturated carbocycles. The van der Waals surface area contributed by atoms with Crippen molar-refractivity contribution in [1.29, 1.82) is 0 Å². The molecule has 0 spiro atoms. The number of hydrogen-bond donors (Lipinski definition) is 0. The van der Waals surface area contributed by atoms with Gasteiger partial charge in [-0.15, -0.1) is 0 Å². The Hall–Kier alpha value is -0.570. The van der Waals surface area contributed by atoms with Gasteiger partial charge in [0.05, 0.1) is 20.1 Å². The average molecular weight is 131 g/mol. The van der Waals surface area contributed by atoms with E-state index in [9.17, 15) is 9.90 Å². The van der Waals surface area contributed by atoms with Crippen LogP contribution in [-0.4, -0.2) is 30.7 Å². The lowest BCUT2D eigenvalue weighted by Crippen LogP contribution is -2.55. The third kappa shape index (κ3) is 1.68. The van der Waals surface area contributed by atoms with E-state index in [1.165, 1.54) is 0 Å². The average Bonchev–Trinajstić information content (AvgIpc) is 1.86. The van der Waals surface area contributed by atoms with Gasteiger partial charge < -0.3 is 9.90 Å². The summed E-state index contributed by atoms with van der Waals surface area (Å²) < 4.78 is 0. The predicted octanol–water partition coefficient (Wildman–Crippen LogP) is -0.184. The van der Waals surface area contributed by atoms with Crippen LogP contribution in [0.1, 0.15) is 13.8 Å². The second-order valence-electron chi connectivity index (χ2n) is 2.29. The molecule has 0 aromatic rings. The van der Waals surface area contributed by atoms with E-state index in [2.05, 4.69) is 0 Å². The van der Waals surface area contributed by atoms with Gasteiger partial charge in [0.2, 0.25) is 0 Å². The molecule has 0 rings (SSSR count).